The molecule has 0 aliphatic rings. The van der Waals surface area contributed by atoms with Crippen LogP contribution >= 0.6 is 11.6 Å². The molecule has 3 heteroatoms. The molecule has 0 radical (unpaired) electrons. The van der Waals surface area contributed by atoms with Crippen molar-refractivity contribution in [3.05, 3.63) is 46.5 Å². The van der Waals surface area contributed by atoms with E-state index in [-0.39, 0.29) is 0 Å². The second-order valence-corrected chi connectivity index (χ2v) is 4.61. The normalized spacial score (nSPS) is 13.5. The number of allylic oxidation sites excluding steroid dienone is 1. The van der Waals surface area contributed by atoms with Crippen molar-refractivity contribution in [3.8, 4) is 0 Å². The summed E-state index contributed by atoms with van der Waals surface area (Å²) in [4.78, 5) is 11.2. The molecule has 1 atom stereocenters. The van der Waals surface area contributed by atoms with E-state index in [0.717, 1.165) is 16.7 Å². The molecule has 0 bridgehead atoms. The summed E-state index contributed by atoms with van der Waals surface area (Å²) >= 11 is 5.57. The maximum absolute atomic E-state index is 11.2. The molecule has 2 nitrogen and oxygen atoms in total. The lowest BCUT2D eigenvalue weighted by atomic mass is 9.93. The zero-order valence-electron chi connectivity index (χ0n) is 10.1. The van der Waals surface area contributed by atoms with Gasteiger partial charge in [-0.05, 0) is 32.3 Å². The van der Waals surface area contributed by atoms with Crippen LogP contribution in [0.25, 0.3) is 0 Å². The van der Waals surface area contributed by atoms with Crippen LogP contribution in [0.15, 0.2) is 35.4 Å². The lowest BCUT2D eigenvalue weighted by Gasteiger charge is -2.12. The predicted molar refractivity (Wildman–Crippen MR) is 70.2 cm³/mol. The highest BCUT2D eigenvalue weighted by Crippen LogP contribution is 2.18. The maximum atomic E-state index is 11.2. The number of hydrogen-bond acceptors (Lipinski definition) is 1. The number of aliphatic carboxylic acids is 1. The summed E-state index contributed by atoms with van der Waals surface area (Å²) in [6.45, 7) is 3.85. The lowest BCUT2D eigenvalue weighted by molar-refractivity contribution is -0.141. The van der Waals surface area contributed by atoms with Crippen LogP contribution in [0.4, 0.5) is 0 Å². The molecular formula is C14H17ClO2. The Bertz CT molecular complexity index is 424. The highest BCUT2D eigenvalue weighted by atomic mass is 35.5. The fourth-order valence-corrected chi connectivity index (χ4v) is 1.89. The van der Waals surface area contributed by atoms with Gasteiger partial charge in [0.05, 0.1) is 5.92 Å². The topological polar surface area (TPSA) is 37.3 Å². The van der Waals surface area contributed by atoms with E-state index in [1.807, 2.05) is 38.1 Å². The SMILES string of the molecule is C/C(=C/Cl)CC(Cc1cccc(C)c1)C(=O)O. The first kappa shape index (κ1) is 13.8. The third-order valence-corrected chi connectivity index (χ3v) is 3.04. The van der Waals surface area contributed by atoms with Crippen LogP contribution in [0.5, 0.6) is 0 Å². The van der Waals surface area contributed by atoms with Crippen LogP contribution in [0, 0.1) is 12.8 Å². The second kappa shape index (κ2) is 6.45. The summed E-state index contributed by atoms with van der Waals surface area (Å²) in [5, 5.41) is 9.18. The van der Waals surface area contributed by atoms with Crippen molar-refractivity contribution in [2.24, 2.45) is 5.92 Å². The molecule has 1 rings (SSSR count). The highest BCUT2D eigenvalue weighted by Gasteiger charge is 2.18. The molecule has 0 amide bonds. The molecule has 0 spiro atoms. The number of carboxylic acids is 1. The summed E-state index contributed by atoms with van der Waals surface area (Å²) < 4.78 is 0. The van der Waals surface area contributed by atoms with Gasteiger partial charge in [0, 0.05) is 5.54 Å². The third-order valence-electron chi connectivity index (χ3n) is 2.67. The first-order valence-electron chi connectivity index (χ1n) is 5.57. The summed E-state index contributed by atoms with van der Waals surface area (Å²) in [5.41, 5.74) is 4.55. The van der Waals surface area contributed by atoms with Crippen LogP contribution in [0.2, 0.25) is 0 Å². The van der Waals surface area contributed by atoms with Gasteiger partial charge < -0.3 is 5.11 Å². The molecular weight excluding hydrogens is 236 g/mol. The number of aryl methyl sites for hydroxylation is 1. The van der Waals surface area contributed by atoms with E-state index in [2.05, 4.69) is 0 Å². The molecule has 0 aliphatic heterocycles. The smallest absolute Gasteiger partial charge is 0.307 e. The highest BCUT2D eigenvalue weighted by molar-refractivity contribution is 6.25. The number of halogens is 1. The minimum atomic E-state index is -0.774. The Labute approximate surface area is 107 Å². The Hall–Kier alpha value is -1.28. The number of carboxylic acid groups (broad SMARTS) is 1. The van der Waals surface area contributed by atoms with Crippen molar-refractivity contribution in [1.82, 2.24) is 0 Å². The van der Waals surface area contributed by atoms with Crippen molar-refractivity contribution < 1.29 is 9.90 Å². The van der Waals surface area contributed by atoms with Gasteiger partial charge in [-0.25, -0.2) is 0 Å². The number of carbonyl (C=O) groups is 1. The van der Waals surface area contributed by atoms with E-state index >= 15 is 0 Å². The van der Waals surface area contributed by atoms with E-state index in [1.165, 1.54) is 5.54 Å². The van der Waals surface area contributed by atoms with Gasteiger partial charge in [0.2, 0.25) is 0 Å². The number of benzene rings is 1. The monoisotopic (exact) mass is 252 g/mol. The fraction of sp³-hybridized carbons (Fsp3) is 0.357. The van der Waals surface area contributed by atoms with Gasteiger partial charge in [0.25, 0.3) is 0 Å². The molecule has 0 fully saturated rings. The molecule has 92 valence electrons. The molecule has 0 saturated heterocycles. The summed E-state index contributed by atoms with van der Waals surface area (Å²) in [5.74, 6) is -1.18. The zero-order valence-corrected chi connectivity index (χ0v) is 10.9. The fourth-order valence-electron chi connectivity index (χ4n) is 1.80. The van der Waals surface area contributed by atoms with E-state index in [0.29, 0.717) is 12.8 Å². The molecule has 17 heavy (non-hydrogen) atoms. The van der Waals surface area contributed by atoms with E-state index in [4.69, 9.17) is 11.6 Å². The zero-order chi connectivity index (χ0) is 12.8. The molecule has 1 aromatic rings. The van der Waals surface area contributed by atoms with Crippen molar-refractivity contribution >= 4 is 17.6 Å². The Morgan fingerprint density at radius 2 is 2.24 bits per heavy atom. The van der Waals surface area contributed by atoms with Gasteiger partial charge in [0.15, 0.2) is 0 Å². The number of hydrogen-bond donors (Lipinski definition) is 1. The molecule has 0 heterocycles. The Kier molecular flexibility index (Phi) is 5.23. The van der Waals surface area contributed by atoms with E-state index in [9.17, 15) is 9.90 Å². The minimum Gasteiger partial charge on any atom is -0.481 e. The Morgan fingerprint density at radius 1 is 1.53 bits per heavy atom. The molecule has 0 aliphatic carbocycles. The predicted octanol–water partition coefficient (Wildman–Crippen LogP) is 3.77. The van der Waals surface area contributed by atoms with E-state index in [1.54, 1.807) is 0 Å². The van der Waals surface area contributed by atoms with Crippen LogP contribution in [0.3, 0.4) is 0 Å². The van der Waals surface area contributed by atoms with Gasteiger partial charge in [-0.1, -0.05) is 47.0 Å². The second-order valence-electron chi connectivity index (χ2n) is 4.39. The largest absolute Gasteiger partial charge is 0.481 e. The van der Waals surface area contributed by atoms with Crippen LogP contribution in [-0.2, 0) is 11.2 Å². The molecule has 1 unspecified atom stereocenters. The molecule has 0 saturated carbocycles. The molecule has 1 aromatic carbocycles. The van der Waals surface area contributed by atoms with Gasteiger partial charge >= 0.3 is 5.97 Å². The van der Waals surface area contributed by atoms with Gasteiger partial charge in [0.1, 0.15) is 0 Å². The summed E-state index contributed by atoms with van der Waals surface area (Å²) in [7, 11) is 0. The standard InChI is InChI=1S/C14H17ClO2/c1-10-4-3-5-12(6-10)8-13(14(16)17)7-11(2)9-15/h3-6,9,13H,7-8H2,1-2H3,(H,16,17)/b11-9-. The first-order valence-corrected chi connectivity index (χ1v) is 6.00. The summed E-state index contributed by atoms with van der Waals surface area (Å²) in [6.07, 6.45) is 1.03. The van der Waals surface area contributed by atoms with Crippen molar-refractivity contribution in [1.29, 1.82) is 0 Å². The maximum Gasteiger partial charge on any atom is 0.307 e. The number of rotatable bonds is 5. The van der Waals surface area contributed by atoms with Crippen molar-refractivity contribution in [2.45, 2.75) is 26.7 Å². The quantitative estimate of drug-likeness (QED) is 0.866. The van der Waals surface area contributed by atoms with E-state index < -0.39 is 11.9 Å². The third kappa shape index (κ3) is 4.61. The minimum absolute atomic E-state index is 0.410. The van der Waals surface area contributed by atoms with Crippen LogP contribution in [-0.4, -0.2) is 11.1 Å². The van der Waals surface area contributed by atoms with Gasteiger partial charge in [-0.2, -0.15) is 0 Å². The summed E-state index contributed by atoms with van der Waals surface area (Å²) in [6, 6.07) is 7.94. The van der Waals surface area contributed by atoms with Crippen molar-refractivity contribution in [3.63, 3.8) is 0 Å². The van der Waals surface area contributed by atoms with Crippen molar-refractivity contribution in [2.75, 3.05) is 0 Å². The average Bonchev–Trinajstić information content (AvgIpc) is 2.27. The Balaban J connectivity index is 2.77. The van der Waals surface area contributed by atoms with Gasteiger partial charge in [-0.15, -0.1) is 0 Å². The first-order chi connectivity index (χ1) is 8.02. The van der Waals surface area contributed by atoms with Crippen LogP contribution < -0.4 is 0 Å². The van der Waals surface area contributed by atoms with Crippen LogP contribution in [0.1, 0.15) is 24.5 Å². The average molecular weight is 253 g/mol. The molecule has 1 N–H and O–H groups in total. The lowest BCUT2D eigenvalue weighted by Crippen LogP contribution is -2.16. The molecule has 0 aromatic heterocycles. The Morgan fingerprint density at radius 3 is 2.76 bits per heavy atom. The van der Waals surface area contributed by atoms with Gasteiger partial charge in [-0.3, -0.25) is 4.79 Å².